The first-order valence-electron chi connectivity index (χ1n) is 17.2. The Morgan fingerprint density at radius 2 is 1.29 bits per heavy atom. The van der Waals surface area contributed by atoms with Crippen molar-refractivity contribution >= 4 is 12.0 Å². The van der Waals surface area contributed by atoms with Crippen molar-refractivity contribution in [1.82, 2.24) is 0 Å². The lowest BCUT2D eigenvalue weighted by atomic mass is 9.96. The Balaban J connectivity index is 1.44. The van der Waals surface area contributed by atoms with Gasteiger partial charge in [-0.05, 0) is 54.8 Å². The number of phenols is 4. The first-order valence-corrected chi connectivity index (χ1v) is 17.2. The minimum absolute atomic E-state index is 0.107. The molecule has 0 saturated carbocycles. The second kappa shape index (κ2) is 18.5. The van der Waals surface area contributed by atoms with Crippen molar-refractivity contribution < 1.29 is 99.2 Å². The Bertz CT molecular complexity index is 1610. The lowest BCUT2D eigenvalue weighted by Crippen LogP contribution is -2.66. The molecule has 15 unspecified atom stereocenters. The number of carbonyl (C=O) groups excluding carboxylic acids is 1. The zero-order valence-corrected chi connectivity index (χ0v) is 29.2. The molecule has 5 rings (SSSR count). The molecule has 3 saturated heterocycles. The maximum atomic E-state index is 13.3. The summed E-state index contributed by atoms with van der Waals surface area (Å²) in [4.78, 5) is 13.3. The van der Waals surface area contributed by atoms with E-state index < -0.39 is 129 Å². The fraction of sp³-hybridized carbons (Fsp3) is 0.571. The summed E-state index contributed by atoms with van der Waals surface area (Å²) in [6.45, 7) is -0.242. The highest BCUT2D eigenvalue weighted by atomic mass is 16.8. The molecule has 2 aromatic carbocycles. The minimum atomic E-state index is -1.97. The highest BCUT2D eigenvalue weighted by molar-refractivity contribution is 5.87. The molecular weight excluding hydrogens is 740 g/mol. The largest absolute Gasteiger partial charge is 0.504 e. The van der Waals surface area contributed by atoms with Crippen molar-refractivity contribution in [2.75, 3.05) is 19.8 Å². The third-order valence-corrected chi connectivity index (χ3v) is 9.36. The van der Waals surface area contributed by atoms with Gasteiger partial charge in [0.05, 0.1) is 25.9 Å². The molecule has 55 heavy (non-hydrogen) atoms. The third-order valence-electron chi connectivity index (χ3n) is 9.36. The predicted octanol–water partition coefficient (Wildman–Crippen LogP) is -3.19. The van der Waals surface area contributed by atoms with Gasteiger partial charge in [0.25, 0.3) is 0 Å². The quantitative estimate of drug-likeness (QED) is 0.0541. The monoisotopic (exact) mass is 786 g/mol. The molecule has 2 aromatic rings. The molecule has 0 spiro atoms. The van der Waals surface area contributed by atoms with Crippen LogP contribution >= 0.6 is 0 Å². The van der Waals surface area contributed by atoms with Gasteiger partial charge in [0, 0.05) is 6.08 Å². The third kappa shape index (κ3) is 10.0. The van der Waals surface area contributed by atoms with Gasteiger partial charge in [-0.2, -0.15) is 0 Å². The Labute approximate surface area is 313 Å². The number of aliphatic hydroxyl groups excluding tert-OH is 8. The number of phenolic OH excluding ortho intramolecular Hbond substituents is 4. The van der Waals surface area contributed by atoms with Crippen LogP contribution in [0.4, 0.5) is 0 Å². The smallest absolute Gasteiger partial charge is 0.331 e. The normalized spacial score (nSPS) is 36.9. The van der Waals surface area contributed by atoms with E-state index in [1.165, 1.54) is 43.3 Å². The van der Waals surface area contributed by atoms with Crippen molar-refractivity contribution in [2.45, 2.75) is 105 Å². The fourth-order valence-corrected chi connectivity index (χ4v) is 6.14. The predicted molar refractivity (Wildman–Crippen MR) is 180 cm³/mol. The number of benzene rings is 2. The first kappa shape index (κ1) is 42.4. The summed E-state index contributed by atoms with van der Waals surface area (Å²) >= 11 is 0. The lowest BCUT2D eigenvalue weighted by molar-refractivity contribution is -0.365. The van der Waals surface area contributed by atoms with E-state index in [9.17, 15) is 66.1 Å². The molecular formula is C35H46O20. The van der Waals surface area contributed by atoms with Gasteiger partial charge >= 0.3 is 5.97 Å². The van der Waals surface area contributed by atoms with Crippen molar-refractivity contribution in [3.8, 4) is 23.0 Å². The molecule has 20 heteroatoms. The Hall–Kier alpha value is -3.71. The first-order chi connectivity index (χ1) is 26.1. The van der Waals surface area contributed by atoms with Crippen molar-refractivity contribution in [3.63, 3.8) is 0 Å². The molecule has 0 aliphatic carbocycles. The van der Waals surface area contributed by atoms with E-state index in [-0.39, 0.29) is 24.3 Å². The van der Waals surface area contributed by atoms with Crippen LogP contribution in [0.25, 0.3) is 6.08 Å². The fourth-order valence-electron chi connectivity index (χ4n) is 6.14. The van der Waals surface area contributed by atoms with Gasteiger partial charge < -0.3 is 94.4 Å². The lowest BCUT2D eigenvalue weighted by Gasteiger charge is -2.47. The summed E-state index contributed by atoms with van der Waals surface area (Å²) < 4.78 is 40.2. The van der Waals surface area contributed by atoms with Gasteiger partial charge in [0.2, 0.25) is 0 Å². The zero-order valence-electron chi connectivity index (χ0n) is 29.2. The number of aromatic hydroxyl groups is 4. The zero-order chi connectivity index (χ0) is 40.1. The van der Waals surface area contributed by atoms with Crippen molar-refractivity contribution in [2.24, 2.45) is 0 Å². The Morgan fingerprint density at radius 1 is 0.673 bits per heavy atom. The second-order valence-electron chi connectivity index (χ2n) is 13.3. The van der Waals surface area contributed by atoms with Gasteiger partial charge in [-0.3, -0.25) is 0 Å². The number of aliphatic hydroxyl groups is 8. The van der Waals surface area contributed by atoms with E-state index in [1.807, 2.05) is 0 Å². The van der Waals surface area contributed by atoms with Crippen LogP contribution in [-0.4, -0.2) is 179 Å². The summed E-state index contributed by atoms with van der Waals surface area (Å²) in [6, 6.07) is 7.73. The van der Waals surface area contributed by atoms with E-state index in [2.05, 4.69) is 0 Å². The van der Waals surface area contributed by atoms with E-state index in [0.29, 0.717) is 5.56 Å². The van der Waals surface area contributed by atoms with Crippen LogP contribution in [0, 0.1) is 0 Å². The maximum Gasteiger partial charge on any atom is 0.331 e. The molecule has 0 aromatic heterocycles. The average molecular weight is 787 g/mol. The van der Waals surface area contributed by atoms with Gasteiger partial charge in [-0.15, -0.1) is 0 Å². The molecule has 3 heterocycles. The van der Waals surface area contributed by atoms with E-state index in [4.69, 9.17) is 33.2 Å². The van der Waals surface area contributed by atoms with Crippen molar-refractivity contribution in [3.05, 3.63) is 53.6 Å². The van der Waals surface area contributed by atoms with Gasteiger partial charge in [-0.25, -0.2) is 4.79 Å². The molecule has 3 aliphatic rings. The van der Waals surface area contributed by atoms with Crippen LogP contribution in [0.1, 0.15) is 18.1 Å². The molecule has 0 amide bonds. The highest BCUT2D eigenvalue weighted by Crippen LogP contribution is 2.33. The highest BCUT2D eigenvalue weighted by Gasteiger charge is 2.53. The second-order valence-corrected chi connectivity index (χ2v) is 13.3. The summed E-state index contributed by atoms with van der Waals surface area (Å²) in [5.41, 5.74) is 0.767. The molecule has 0 bridgehead atoms. The summed E-state index contributed by atoms with van der Waals surface area (Å²) in [6.07, 6.45) is -22.7. The number of ether oxygens (including phenoxy) is 7. The molecule has 3 aliphatic heterocycles. The number of rotatable bonds is 13. The average Bonchev–Trinajstić information content (AvgIpc) is 3.16. The Morgan fingerprint density at radius 3 is 1.96 bits per heavy atom. The molecule has 3 fully saturated rings. The van der Waals surface area contributed by atoms with E-state index in [1.54, 1.807) is 0 Å². The van der Waals surface area contributed by atoms with Gasteiger partial charge in [0.15, 0.2) is 48.0 Å². The van der Waals surface area contributed by atoms with Crippen LogP contribution in [0.15, 0.2) is 42.5 Å². The Kier molecular flexibility index (Phi) is 14.3. The summed E-state index contributed by atoms with van der Waals surface area (Å²) in [5.74, 6) is -2.72. The summed E-state index contributed by atoms with van der Waals surface area (Å²) in [7, 11) is 0. The van der Waals surface area contributed by atoms with Gasteiger partial charge in [-0.1, -0.05) is 12.1 Å². The van der Waals surface area contributed by atoms with Crippen LogP contribution in [-0.2, 0) is 44.4 Å². The molecule has 0 radical (unpaired) electrons. The van der Waals surface area contributed by atoms with Gasteiger partial charge in [0.1, 0.15) is 61.0 Å². The van der Waals surface area contributed by atoms with E-state index >= 15 is 0 Å². The topological polar surface area (TPSA) is 324 Å². The van der Waals surface area contributed by atoms with Crippen LogP contribution < -0.4 is 0 Å². The molecule has 15 atom stereocenters. The summed E-state index contributed by atoms with van der Waals surface area (Å²) in [5, 5.41) is 123. The number of hydrogen-bond donors (Lipinski definition) is 12. The van der Waals surface area contributed by atoms with Crippen LogP contribution in [0.3, 0.4) is 0 Å². The SMILES string of the molecule is CC1OC(OCC2OC(OCCc3ccc(O)c(O)c3)C(O)C(OC3OC(CO)C(O)C(O)C3O)C2OC(=O)/C=C/c2ccc(O)c(O)c2)C(O)C(O)C1O. The van der Waals surface area contributed by atoms with Crippen LogP contribution in [0.5, 0.6) is 23.0 Å². The van der Waals surface area contributed by atoms with Crippen LogP contribution in [0.2, 0.25) is 0 Å². The van der Waals surface area contributed by atoms with E-state index in [0.717, 1.165) is 12.1 Å². The number of hydrogen-bond acceptors (Lipinski definition) is 20. The minimum Gasteiger partial charge on any atom is -0.504 e. The maximum absolute atomic E-state index is 13.3. The number of esters is 1. The molecule has 20 nitrogen and oxygen atoms in total. The molecule has 12 N–H and O–H groups in total. The van der Waals surface area contributed by atoms with Crippen molar-refractivity contribution in [1.29, 1.82) is 0 Å². The standard InChI is InChI=1S/C35H46O20/c1-14-24(42)26(44)28(46)33(51-14)50-13-22-31(54-23(41)7-4-15-2-5-17(37)19(39)10-15)32(55-35-29(47)27(45)25(43)21(12-36)52-35)30(48)34(53-22)49-9-8-16-3-6-18(38)20(40)11-16/h2-7,10-11,14,21-22,24-40,42-48H,8-9,12-13H2,1H3/b7-4+. The molecule has 306 valence electrons. The number of carbonyl (C=O) groups is 1.